The van der Waals surface area contributed by atoms with Gasteiger partial charge in [-0.1, -0.05) is 80.6 Å². The third-order valence-electron chi connectivity index (χ3n) is 8.14. The van der Waals surface area contributed by atoms with Crippen molar-refractivity contribution in [2.24, 2.45) is 13.0 Å². The van der Waals surface area contributed by atoms with Gasteiger partial charge in [-0.25, -0.2) is 4.98 Å². The van der Waals surface area contributed by atoms with E-state index < -0.39 is 28.0 Å². The molecule has 254 valence electrons. The van der Waals surface area contributed by atoms with Gasteiger partial charge in [0.05, 0.1) is 17.6 Å². The topological polar surface area (TPSA) is 75.4 Å². The van der Waals surface area contributed by atoms with Crippen LogP contribution in [-0.4, -0.2) is 61.0 Å². The van der Waals surface area contributed by atoms with E-state index in [-0.39, 0.29) is 39.9 Å². The summed E-state index contributed by atoms with van der Waals surface area (Å²) in [6.45, 7) is 16.0. The van der Waals surface area contributed by atoms with Crippen molar-refractivity contribution in [2.45, 2.75) is 124 Å². The summed E-state index contributed by atoms with van der Waals surface area (Å²) in [5.74, 6) is 0.361. The highest BCUT2D eigenvalue weighted by Gasteiger charge is 2.37. The highest BCUT2D eigenvalue weighted by atomic mass is 32.3. The summed E-state index contributed by atoms with van der Waals surface area (Å²) in [4.78, 5) is 29.7. The van der Waals surface area contributed by atoms with E-state index in [0.29, 0.717) is 18.5 Å². The summed E-state index contributed by atoms with van der Waals surface area (Å²) in [5.41, 5.74) is -0.123. The molecule has 2 saturated carbocycles. The number of ketones is 1. The molecule has 2 aromatic rings. The van der Waals surface area contributed by atoms with Crippen molar-refractivity contribution in [3.63, 3.8) is 0 Å². The van der Waals surface area contributed by atoms with E-state index in [2.05, 4.69) is 32.7 Å². The van der Waals surface area contributed by atoms with Crippen LogP contribution in [0.4, 0.5) is 13.2 Å². The molecule has 0 bridgehead atoms. The average molecular weight is 646 g/mol. The summed E-state index contributed by atoms with van der Waals surface area (Å²) < 4.78 is 51.7. The Labute approximate surface area is 265 Å². The molecule has 1 N–H and O–H groups in total. The summed E-state index contributed by atoms with van der Waals surface area (Å²) in [5, 5.41) is 0. The van der Waals surface area contributed by atoms with Gasteiger partial charge in [0.1, 0.15) is 11.3 Å². The third-order valence-corrected chi connectivity index (χ3v) is 11.1. The van der Waals surface area contributed by atoms with E-state index in [1.54, 1.807) is 6.07 Å². The molecular weight excluding hydrogens is 587 g/mol. The Morgan fingerprint density at radius 3 is 1.93 bits per heavy atom. The van der Waals surface area contributed by atoms with Gasteiger partial charge in [-0.15, -0.1) is 10.3 Å². The summed E-state index contributed by atoms with van der Waals surface area (Å²) in [6, 6.07) is 2.85. The number of carbonyl (C=O) groups is 2. The zero-order chi connectivity index (χ0) is 34.0. The van der Waals surface area contributed by atoms with Gasteiger partial charge < -0.3 is 14.0 Å². The molecule has 1 aromatic heterocycles. The standard InChI is InChI=1S/C19H22F3N3O2.C7H14.C6H16OS.C2H6/c1-4-7-25(10-11(2)26)18(27)17-23-16-14(19(20,21)22)8-13(12-5-6-12)9-15(16)24(17)3;1-7-5-3-2-4-6-7;1-6(2,3)8(4,5)7;1-2/h8-9,12H,4-7,10H2,1-3H3;7H,2-6H2,1H3;7H,1-5H3;1-2H3. The van der Waals surface area contributed by atoms with Crippen LogP contribution in [0.25, 0.3) is 11.0 Å². The molecule has 0 atom stereocenters. The van der Waals surface area contributed by atoms with Gasteiger partial charge in [0.15, 0.2) is 5.82 Å². The Morgan fingerprint density at radius 2 is 1.57 bits per heavy atom. The van der Waals surface area contributed by atoms with Crippen LogP contribution >= 0.6 is 10.3 Å². The predicted octanol–water partition coefficient (Wildman–Crippen LogP) is 9.85. The molecule has 2 aliphatic rings. The second-order valence-corrected chi connectivity index (χ2v) is 17.0. The number of hydrogen-bond acceptors (Lipinski definition) is 4. The minimum Gasteiger partial charge on any atom is -0.352 e. The van der Waals surface area contributed by atoms with Crippen molar-refractivity contribution in [3.8, 4) is 0 Å². The molecule has 44 heavy (non-hydrogen) atoms. The number of Topliss-reactive ketones (excluding diaryl/α,β-unsaturated/α-hetero) is 1. The maximum Gasteiger partial charge on any atom is 0.418 e. The van der Waals surface area contributed by atoms with E-state index >= 15 is 0 Å². The second kappa shape index (κ2) is 17.0. The van der Waals surface area contributed by atoms with Gasteiger partial charge in [0, 0.05) is 18.3 Å². The molecule has 4 rings (SSSR count). The zero-order valence-electron chi connectivity index (χ0n) is 29.0. The Balaban J connectivity index is 0.000000465. The lowest BCUT2D eigenvalue weighted by atomic mass is 9.91. The molecule has 0 unspecified atom stereocenters. The summed E-state index contributed by atoms with van der Waals surface area (Å²) in [7, 11) is 0.199. The Hall–Kier alpha value is -2.07. The molecule has 1 aromatic carbocycles. The van der Waals surface area contributed by atoms with Crippen LogP contribution in [0.1, 0.15) is 134 Å². The Bertz CT molecular complexity index is 1190. The quantitative estimate of drug-likeness (QED) is 0.339. The molecule has 0 aliphatic heterocycles. The van der Waals surface area contributed by atoms with E-state index in [9.17, 15) is 27.3 Å². The van der Waals surface area contributed by atoms with Crippen LogP contribution in [0.5, 0.6) is 0 Å². The molecule has 6 nitrogen and oxygen atoms in total. The minimum absolute atomic E-state index is 0.0764. The van der Waals surface area contributed by atoms with Crippen molar-refractivity contribution >= 4 is 33.0 Å². The minimum atomic E-state index is -4.56. The monoisotopic (exact) mass is 645 g/mol. The van der Waals surface area contributed by atoms with Crippen molar-refractivity contribution in [1.82, 2.24) is 14.5 Å². The number of aryl methyl sites for hydroxylation is 1. The van der Waals surface area contributed by atoms with Gasteiger partial charge in [-0.05, 0) is 68.2 Å². The van der Waals surface area contributed by atoms with Crippen LogP contribution in [0.15, 0.2) is 12.1 Å². The number of alkyl halides is 3. The van der Waals surface area contributed by atoms with Crippen molar-refractivity contribution in [3.05, 3.63) is 29.1 Å². The van der Waals surface area contributed by atoms with E-state index in [1.165, 1.54) is 55.5 Å². The normalized spacial score (nSPS) is 16.1. The molecule has 2 aliphatic carbocycles. The molecule has 10 heteroatoms. The third kappa shape index (κ3) is 12.0. The predicted molar refractivity (Wildman–Crippen MR) is 180 cm³/mol. The maximum atomic E-state index is 13.6. The fraction of sp³-hybridized carbons (Fsp3) is 0.735. The van der Waals surface area contributed by atoms with Crippen LogP contribution in [-0.2, 0) is 18.0 Å². The molecule has 0 spiro atoms. The SMILES string of the molecule is CC.CC(C)(C)S(C)(C)O.CC1CCCCC1.CCCN(CC(C)=O)C(=O)c1nc2c(C(F)(F)F)cc(C3CC3)cc2n1C. The van der Waals surface area contributed by atoms with Crippen molar-refractivity contribution in [1.29, 1.82) is 0 Å². The summed E-state index contributed by atoms with van der Waals surface area (Å²) in [6.07, 6.45) is 9.07. The average Bonchev–Trinajstić information content (AvgIpc) is 3.72. The van der Waals surface area contributed by atoms with Gasteiger partial charge in [0.2, 0.25) is 0 Å². The fourth-order valence-corrected chi connectivity index (χ4v) is 4.61. The number of rotatable bonds is 6. The van der Waals surface area contributed by atoms with Gasteiger partial charge in [-0.2, -0.15) is 13.2 Å². The maximum absolute atomic E-state index is 13.6. The van der Waals surface area contributed by atoms with E-state index in [4.69, 9.17) is 0 Å². The van der Waals surface area contributed by atoms with E-state index in [0.717, 1.165) is 24.8 Å². The molecule has 0 radical (unpaired) electrons. The summed E-state index contributed by atoms with van der Waals surface area (Å²) >= 11 is 0. The van der Waals surface area contributed by atoms with Gasteiger partial charge in [-0.3, -0.25) is 9.59 Å². The number of fused-ring (bicyclic) bond motifs is 1. The van der Waals surface area contributed by atoms with Gasteiger partial charge >= 0.3 is 6.18 Å². The lowest BCUT2D eigenvalue weighted by Crippen LogP contribution is -2.37. The Kier molecular flexibility index (Phi) is 15.5. The lowest BCUT2D eigenvalue weighted by molar-refractivity contribution is -0.136. The number of hydrogen-bond donors (Lipinski definition) is 1. The molecule has 1 amide bonds. The molecular formula is C34H58F3N3O3S. The molecule has 0 saturated heterocycles. The first kappa shape index (κ1) is 40.0. The van der Waals surface area contributed by atoms with Crippen molar-refractivity contribution in [2.75, 3.05) is 25.6 Å². The number of amides is 1. The van der Waals surface area contributed by atoms with Gasteiger partial charge in [0.25, 0.3) is 5.91 Å². The van der Waals surface area contributed by atoms with Crippen LogP contribution in [0.2, 0.25) is 0 Å². The largest absolute Gasteiger partial charge is 0.418 e. The number of halogens is 3. The fourth-order valence-electron chi connectivity index (χ4n) is 4.61. The zero-order valence-corrected chi connectivity index (χ0v) is 29.8. The first-order chi connectivity index (χ1) is 20.3. The lowest BCUT2D eigenvalue weighted by Gasteiger charge is -2.38. The number of aromatic nitrogens is 2. The molecule has 1 heterocycles. The number of benzene rings is 1. The Morgan fingerprint density at radius 1 is 1.05 bits per heavy atom. The molecule has 2 fully saturated rings. The number of imidazole rings is 1. The van der Waals surface area contributed by atoms with E-state index in [1.807, 2.05) is 33.3 Å². The highest BCUT2D eigenvalue weighted by molar-refractivity contribution is 8.29. The first-order valence-electron chi connectivity index (χ1n) is 16.1. The van der Waals surface area contributed by atoms with Crippen LogP contribution in [0.3, 0.4) is 0 Å². The number of carbonyl (C=O) groups excluding carboxylic acids is 2. The van der Waals surface area contributed by atoms with Crippen LogP contribution in [0, 0.1) is 5.92 Å². The van der Waals surface area contributed by atoms with Crippen LogP contribution < -0.4 is 0 Å². The van der Waals surface area contributed by atoms with Crippen molar-refractivity contribution < 1.29 is 27.3 Å². The smallest absolute Gasteiger partial charge is 0.352 e. The highest BCUT2D eigenvalue weighted by Crippen LogP contribution is 2.48. The first-order valence-corrected chi connectivity index (χ1v) is 18.5. The number of nitrogens with zero attached hydrogens (tertiary/aromatic N) is 3. The second-order valence-electron chi connectivity index (χ2n) is 13.3.